The Balaban J connectivity index is 2.85. The molecule has 0 aliphatic carbocycles. The van der Waals surface area contributed by atoms with Gasteiger partial charge in [0, 0.05) is 10.8 Å². The number of hydrogen-bond acceptors (Lipinski definition) is 3. The molecule has 1 N–H and O–H groups in total. The zero-order valence-electron chi connectivity index (χ0n) is 6.16. The Kier molecular flexibility index (Phi) is 2.06. The van der Waals surface area contributed by atoms with Crippen LogP contribution in [0.25, 0.3) is 0 Å². The second-order valence-electron chi connectivity index (χ2n) is 2.92. The fourth-order valence-electron chi connectivity index (χ4n) is 0.628. The maximum absolute atomic E-state index is 8.93. The molecule has 0 unspecified atom stereocenters. The SMILES string of the molecule is CC(C)(CO)c1cscn1. The first-order chi connectivity index (χ1) is 4.67. The average Bonchev–Trinajstić information content (AvgIpc) is 2.38. The Labute approximate surface area is 64.5 Å². The molecule has 1 aromatic rings. The summed E-state index contributed by atoms with van der Waals surface area (Å²) in [6.07, 6.45) is 0. The van der Waals surface area contributed by atoms with Gasteiger partial charge >= 0.3 is 0 Å². The minimum absolute atomic E-state index is 0.150. The maximum atomic E-state index is 8.93. The molecule has 0 atom stereocenters. The summed E-state index contributed by atoms with van der Waals surface area (Å²) in [6.45, 7) is 4.10. The molecule has 0 saturated carbocycles. The average molecular weight is 157 g/mol. The second-order valence-corrected chi connectivity index (χ2v) is 3.63. The lowest BCUT2D eigenvalue weighted by Crippen LogP contribution is -2.22. The van der Waals surface area contributed by atoms with Gasteiger partial charge in [0.15, 0.2) is 0 Å². The molecule has 1 rings (SSSR count). The van der Waals surface area contributed by atoms with Gasteiger partial charge in [-0.15, -0.1) is 11.3 Å². The van der Waals surface area contributed by atoms with Crippen LogP contribution in [0.4, 0.5) is 0 Å². The highest BCUT2D eigenvalue weighted by Gasteiger charge is 2.20. The number of aliphatic hydroxyl groups is 1. The third-order valence-electron chi connectivity index (χ3n) is 1.52. The van der Waals surface area contributed by atoms with E-state index in [1.165, 1.54) is 0 Å². The Morgan fingerprint density at radius 1 is 1.70 bits per heavy atom. The van der Waals surface area contributed by atoms with Crippen molar-refractivity contribution in [2.75, 3.05) is 6.61 Å². The topological polar surface area (TPSA) is 33.1 Å². The monoisotopic (exact) mass is 157 g/mol. The first kappa shape index (κ1) is 7.69. The van der Waals surface area contributed by atoms with E-state index in [1.807, 2.05) is 19.2 Å². The smallest absolute Gasteiger partial charge is 0.0794 e. The highest BCUT2D eigenvalue weighted by Crippen LogP contribution is 2.21. The number of aliphatic hydroxyl groups excluding tert-OH is 1. The number of aromatic nitrogens is 1. The summed E-state index contributed by atoms with van der Waals surface area (Å²) in [4.78, 5) is 4.12. The van der Waals surface area contributed by atoms with Crippen LogP contribution in [-0.2, 0) is 5.41 Å². The van der Waals surface area contributed by atoms with Crippen molar-refractivity contribution in [3.8, 4) is 0 Å². The molecule has 0 aromatic carbocycles. The second kappa shape index (κ2) is 2.68. The quantitative estimate of drug-likeness (QED) is 0.704. The fourth-order valence-corrected chi connectivity index (χ4v) is 1.37. The summed E-state index contributed by atoms with van der Waals surface area (Å²) >= 11 is 1.56. The molecule has 0 fully saturated rings. The van der Waals surface area contributed by atoms with Gasteiger partial charge in [0.05, 0.1) is 17.8 Å². The molecule has 0 saturated heterocycles. The van der Waals surface area contributed by atoms with Crippen LogP contribution in [0.5, 0.6) is 0 Å². The van der Waals surface area contributed by atoms with Crippen LogP contribution in [-0.4, -0.2) is 16.7 Å². The van der Waals surface area contributed by atoms with Crippen molar-refractivity contribution in [2.45, 2.75) is 19.3 Å². The molecular weight excluding hydrogens is 146 g/mol. The van der Waals surface area contributed by atoms with Crippen molar-refractivity contribution in [2.24, 2.45) is 0 Å². The van der Waals surface area contributed by atoms with Gasteiger partial charge in [0.2, 0.25) is 0 Å². The van der Waals surface area contributed by atoms with Gasteiger partial charge in [-0.2, -0.15) is 0 Å². The van der Waals surface area contributed by atoms with Crippen molar-refractivity contribution >= 4 is 11.3 Å². The standard InChI is InChI=1S/C7H11NOS/c1-7(2,4-9)6-3-10-5-8-6/h3,5,9H,4H2,1-2H3. The summed E-state index contributed by atoms with van der Waals surface area (Å²) in [7, 11) is 0. The number of thiazole rings is 1. The highest BCUT2D eigenvalue weighted by atomic mass is 32.1. The van der Waals surface area contributed by atoms with Gasteiger partial charge < -0.3 is 5.11 Å². The lowest BCUT2D eigenvalue weighted by molar-refractivity contribution is 0.216. The molecule has 0 amide bonds. The lowest BCUT2D eigenvalue weighted by Gasteiger charge is -2.17. The van der Waals surface area contributed by atoms with Crippen molar-refractivity contribution < 1.29 is 5.11 Å². The summed E-state index contributed by atoms with van der Waals surface area (Å²) in [6, 6.07) is 0. The van der Waals surface area contributed by atoms with E-state index in [1.54, 1.807) is 16.8 Å². The molecule has 0 aliphatic rings. The fraction of sp³-hybridized carbons (Fsp3) is 0.571. The van der Waals surface area contributed by atoms with Crippen molar-refractivity contribution in [1.29, 1.82) is 0 Å². The van der Waals surface area contributed by atoms with Gasteiger partial charge in [-0.25, -0.2) is 4.98 Å². The summed E-state index contributed by atoms with van der Waals surface area (Å²) in [5.74, 6) is 0. The van der Waals surface area contributed by atoms with Gasteiger partial charge in [-0.1, -0.05) is 13.8 Å². The number of nitrogens with zero attached hydrogens (tertiary/aromatic N) is 1. The van der Waals surface area contributed by atoms with E-state index < -0.39 is 0 Å². The van der Waals surface area contributed by atoms with Gasteiger partial charge in [-0.3, -0.25) is 0 Å². The van der Waals surface area contributed by atoms with Gasteiger partial charge in [0.1, 0.15) is 0 Å². The van der Waals surface area contributed by atoms with Crippen LogP contribution >= 0.6 is 11.3 Å². The van der Waals surface area contributed by atoms with Crippen molar-refractivity contribution in [3.63, 3.8) is 0 Å². The Bertz CT molecular complexity index is 193. The molecule has 2 nitrogen and oxygen atoms in total. The van der Waals surface area contributed by atoms with Crippen molar-refractivity contribution in [3.05, 3.63) is 16.6 Å². The minimum Gasteiger partial charge on any atom is -0.395 e. The largest absolute Gasteiger partial charge is 0.395 e. The van der Waals surface area contributed by atoms with E-state index in [9.17, 15) is 0 Å². The van der Waals surface area contributed by atoms with E-state index in [0.717, 1.165) is 5.69 Å². The zero-order chi connectivity index (χ0) is 7.61. The van der Waals surface area contributed by atoms with Crippen LogP contribution in [0.1, 0.15) is 19.5 Å². The van der Waals surface area contributed by atoms with Gasteiger partial charge in [0.25, 0.3) is 0 Å². The first-order valence-electron chi connectivity index (χ1n) is 3.16. The summed E-state index contributed by atoms with van der Waals surface area (Å²) in [5, 5.41) is 10.9. The molecule has 56 valence electrons. The van der Waals surface area contributed by atoms with Gasteiger partial charge in [-0.05, 0) is 0 Å². The van der Waals surface area contributed by atoms with Crippen LogP contribution in [0.2, 0.25) is 0 Å². The number of hydrogen-bond donors (Lipinski definition) is 1. The molecule has 1 heterocycles. The van der Waals surface area contributed by atoms with E-state index in [2.05, 4.69) is 4.98 Å². The van der Waals surface area contributed by atoms with E-state index in [-0.39, 0.29) is 12.0 Å². The maximum Gasteiger partial charge on any atom is 0.0794 e. The normalized spacial score (nSPS) is 11.9. The predicted octanol–water partition coefficient (Wildman–Crippen LogP) is 1.41. The highest BCUT2D eigenvalue weighted by molar-refractivity contribution is 7.07. The Morgan fingerprint density at radius 2 is 2.40 bits per heavy atom. The lowest BCUT2D eigenvalue weighted by atomic mass is 9.92. The molecule has 3 heteroatoms. The van der Waals surface area contributed by atoms with Crippen LogP contribution < -0.4 is 0 Å². The van der Waals surface area contributed by atoms with Crippen LogP contribution in [0.15, 0.2) is 10.9 Å². The van der Waals surface area contributed by atoms with Crippen LogP contribution in [0.3, 0.4) is 0 Å². The van der Waals surface area contributed by atoms with E-state index >= 15 is 0 Å². The Morgan fingerprint density at radius 3 is 2.80 bits per heavy atom. The minimum atomic E-state index is -0.181. The molecule has 0 spiro atoms. The predicted molar refractivity (Wildman–Crippen MR) is 42.2 cm³/mol. The molecule has 0 bridgehead atoms. The third-order valence-corrected chi connectivity index (χ3v) is 2.11. The van der Waals surface area contributed by atoms with E-state index in [0.29, 0.717) is 0 Å². The third kappa shape index (κ3) is 1.36. The molecule has 0 aliphatic heterocycles. The molecule has 0 radical (unpaired) electrons. The molecule has 10 heavy (non-hydrogen) atoms. The summed E-state index contributed by atoms with van der Waals surface area (Å²) in [5.41, 5.74) is 2.58. The van der Waals surface area contributed by atoms with Crippen LogP contribution in [0, 0.1) is 0 Å². The summed E-state index contributed by atoms with van der Waals surface area (Å²) < 4.78 is 0. The van der Waals surface area contributed by atoms with E-state index in [4.69, 9.17) is 5.11 Å². The first-order valence-corrected chi connectivity index (χ1v) is 4.10. The number of rotatable bonds is 2. The zero-order valence-corrected chi connectivity index (χ0v) is 6.98. The van der Waals surface area contributed by atoms with Crippen molar-refractivity contribution in [1.82, 2.24) is 4.98 Å². The Hall–Kier alpha value is -0.410. The molecular formula is C7H11NOS. The molecule has 1 aromatic heterocycles.